The molecule has 2 aromatic heterocycles. The Hall–Kier alpha value is -2.99. The molecule has 3 rings (SSSR count). The van der Waals surface area contributed by atoms with Crippen molar-refractivity contribution in [2.24, 2.45) is 0 Å². The molecule has 13 heteroatoms. The van der Waals surface area contributed by atoms with E-state index in [0.717, 1.165) is 0 Å². The number of halogens is 5. The fourth-order valence-corrected chi connectivity index (χ4v) is 3.49. The lowest BCUT2D eigenvalue weighted by molar-refractivity contribution is -0.148. The van der Waals surface area contributed by atoms with E-state index in [2.05, 4.69) is 20.0 Å². The van der Waals surface area contributed by atoms with Crippen LogP contribution in [0.4, 0.5) is 17.6 Å². The topological polar surface area (TPSA) is 105 Å². The van der Waals surface area contributed by atoms with Crippen LogP contribution in [0, 0.1) is 0 Å². The first kappa shape index (κ1) is 25.6. The standard InChI is InChI=1S/C21H21ClF4N4O4/c1-10(31)6-28-17(32)16-14-8-30(19(33)13(14)3-4-27-16)11(2)12-5-15(22)18(29-7-12)34-9-21(25,26)20(23)24/h3-5,7,10-11,20,31H,6,8-9H2,1-2H3,(H,28,32)/t10-,11?/m1/s1. The van der Waals surface area contributed by atoms with Gasteiger partial charge < -0.3 is 20.1 Å². The number of carbonyl (C=O) groups is 2. The quantitative estimate of drug-likeness (QED) is 0.508. The Balaban J connectivity index is 1.76. The van der Waals surface area contributed by atoms with E-state index >= 15 is 0 Å². The number of rotatable bonds is 9. The van der Waals surface area contributed by atoms with Crippen LogP contribution in [0.2, 0.25) is 5.02 Å². The third-order valence-electron chi connectivity index (χ3n) is 5.15. The first-order chi connectivity index (χ1) is 15.9. The van der Waals surface area contributed by atoms with Crippen molar-refractivity contribution in [1.82, 2.24) is 20.2 Å². The predicted octanol–water partition coefficient (Wildman–Crippen LogP) is 3.24. The molecule has 1 aliphatic rings. The Labute approximate surface area is 196 Å². The Bertz CT molecular complexity index is 1090. The fourth-order valence-electron chi connectivity index (χ4n) is 3.26. The van der Waals surface area contributed by atoms with E-state index in [1.807, 2.05) is 0 Å². The summed E-state index contributed by atoms with van der Waals surface area (Å²) in [6, 6.07) is 2.22. The van der Waals surface area contributed by atoms with Gasteiger partial charge in [0.25, 0.3) is 11.8 Å². The van der Waals surface area contributed by atoms with Crippen molar-refractivity contribution in [2.75, 3.05) is 13.2 Å². The highest BCUT2D eigenvalue weighted by Crippen LogP contribution is 2.34. The Morgan fingerprint density at radius 1 is 1.35 bits per heavy atom. The zero-order valence-corrected chi connectivity index (χ0v) is 18.8. The summed E-state index contributed by atoms with van der Waals surface area (Å²) >= 11 is 6.03. The van der Waals surface area contributed by atoms with Crippen molar-refractivity contribution >= 4 is 23.4 Å². The smallest absolute Gasteiger partial charge is 0.340 e. The van der Waals surface area contributed by atoms with E-state index in [9.17, 15) is 32.3 Å². The second kappa shape index (κ2) is 10.1. The van der Waals surface area contributed by atoms with Gasteiger partial charge in [0.2, 0.25) is 5.88 Å². The molecule has 2 atom stereocenters. The number of nitrogens with zero attached hydrogens (tertiary/aromatic N) is 3. The van der Waals surface area contributed by atoms with Crippen LogP contribution in [0.1, 0.15) is 51.9 Å². The van der Waals surface area contributed by atoms with E-state index in [1.54, 1.807) is 6.92 Å². The first-order valence-corrected chi connectivity index (χ1v) is 10.5. The minimum atomic E-state index is -4.36. The van der Waals surface area contributed by atoms with Crippen molar-refractivity contribution < 1.29 is 37.0 Å². The van der Waals surface area contributed by atoms with Gasteiger partial charge in [-0.25, -0.2) is 13.8 Å². The van der Waals surface area contributed by atoms with Gasteiger partial charge in [0, 0.05) is 36.6 Å². The highest BCUT2D eigenvalue weighted by Gasteiger charge is 2.42. The molecule has 2 aromatic rings. The van der Waals surface area contributed by atoms with E-state index in [-0.39, 0.29) is 35.3 Å². The number of aromatic nitrogens is 2. The van der Waals surface area contributed by atoms with Crippen molar-refractivity contribution in [1.29, 1.82) is 0 Å². The molecule has 2 amide bonds. The van der Waals surface area contributed by atoms with Crippen LogP contribution in [0.3, 0.4) is 0 Å². The lowest BCUT2D eigenvalue weighted by Gasteiger charge is -2.25. The Morgan fingerprint density at radius 2 is 2.06 bits per heavy atom. The third kappa shape index (κ3) is 5.39. The van der Waals surface area contributed by atoms with Gasteiger partial charge >= 0.3 is 12.3 Å². The van der Waals surface area contributed by atoms with Crippen LogP contribution in [0.25, 0.3) is 0 Å². The van der Waals surface area contributed by atoms with E-state index < -0.39 is 42.9 Å². The van der Waals surface area contributed by atoms with Gasteiger partial charge in [-0.05, 0) is 31.5 Å². The van der Waals surface area contributed by atoms with Crippen LogP contribution in [-0.2, 0) is 6.54 Å². The molecular weight excluding hydrogens is 484 g/mol. The molecule has 34 heavy (non-hydrogen) atoms. The molecule has 1 unspecified atom stereocenters. The summed E-state index contributed by atoms with van der Waals surface area (Å²) in [4.78, 5) is 34.8. The van der Waals surface area contributed by atoms with Gasteiger partial charge in [0.15, 0.2) is 6.61 Å². The van der Waals surface area contributed by atoms with E-state index in [0.29, 0.717) is 11.1 Å². The molecule has 3 heterocycles. The highest BCUT2D eigenvalue weighted by molar-refractivity contribution is 6.31. The molecule has 184 valence electrons. The second-order valence-corrected chi connectivity index (χ2v) is 8.17. The fraction of sp³-hybridized carbons (Fsp3) is 0.429. The van der Waals surface area contributed by atoms with Gasteiger partial charge in [-0.2, -0.15) is 8.78 Å². The number of pyridine rings is 2. The maximum absolute atomic E-state index is 13.1. The summed E-state index contributed by atoms with van der Waals surface area (Å²) in [6.07, 6.45) is -2.09. The van der Waals surface area contributed by atoms with Crippen LogP contribution in [0.15, 0.2) is 24.5 Å². The number of alkyl halides is 4. The molecule has 0 saturated heterocycles. The number of hydrogen-bond acceptors (Lipinski definition) is 6. The van der Waals surface area contributed by atoms with Crippen molar-refractivity contribution in [3.05, 3.63) is 51.9 Å². The maximum Gasteiger partial charge on any atom is 0.340 e. The summed E-state index contributed by atoms with van der Waals surface area (Å²) in [5.74, 6) is -5.72. The average Bonchev–Trinajstić information content (AvgIpc) is 3.12. The molecule has 0 aromatic carbocycles. The first-order valence-electron chi connectivity index (χ1n) is 10.1. The largest absolute Gasteiger partial charge is 0.470 e. The predicted molar refractivity (Wildman–Crippen MR) is 112 cm³/mol. The van der Waals surface area contributed by atoms with Crippen LogP contribution in [0.5, 0.6) is 5.88 Å². The van der Waals surface area contributed by atoms with Crippen molar-refractivity contribution in [3.63, 3.8) is 0 Å². The average molecular weight is 505 g/mol. The summed E-state index contributed by atoms with van der Waals surface area (Å²) in [6.45, 7) is 1.65. The molecule has 0 fully saturated rings. The normalized spacial score (nSPS) is 15.3. The van der Waals surface area contributed by atoms with E-state index in [4.69, 9.17) is 11.6 Å². The third-order valence-corrected chi connectivity index (χ3v) is 5.42. The molecule has 2 N–H and O–H groups in total. The van der Waals surface area contributed by atoms with Crippen molar-refractivity contribution in [3.8, 4) is 5.88 Å². The molecule has 0 saturated carbocycles. The van der Waals surface area contributed by atoms with Gasteiger partial charge in [-0.3, -0.25) is 14.6 Å². The number of carbonyl (C=O) groups excluding carboxylic acids is 2. The van der Waals surface area contributed by atoms with Gasteiger partial charge in [-0.15, -0.1) is 0 Å². The molecule has 1 aliphatic heterocycles. The summed E-state index contributed by atoms with van der Waals surface area (Å²) in [5.41, 5.74) is 1.18. The number of nitrogens with one attached hydrogen (secondary N) is 1. The van der Waals surface area contributed by atoms with Gasteiger partial charge in [0.05, 0.1) is 12.1 Å². The summed E-state index contributed by atoms with van der Waals surface area (Å²) < 4.78 is 55.4. The number of hydrogen-bond donors (Lipinski definition) is 2. The number of amides is 2. The SMILES string of the molecule is CC(c1cnc(OCC(F)(F)C(F)F)c(Cl)c1)N1Cc2c(ccnc2C(=O)NC[C@@H](C)O)C1=O. The second-order valence-electron chi connectivity index (χ2n) is 7.76. The van der Waals surface area contributed by atoms with Crippen molar-refractivity contribution in [2.45, 2.75) is 44.9 Å². The zero-order chi connectivity index (χ0) is 25.2. The summed E-state index contributed by atoms with van der Waals surface area (Å²) in [5, 5.41) is 11.7. The number of aliphatic hydroxyl groups excluding tert-OH is 1. The Morgan fingerprint density at radius 3 is 2.68 bits per heavy atom. The highest BCUT2D eigenvalue weighted by atomic mass is 35.5. The molecule has 0 radical (unpaired) electrons. The number of ether oxygens (including phenoxy) is 1. The molecule has 0 spiro atoms. The number of aliphatic hydroxyl groups is 1. The minimum absolute atomic E-state index is 0.0140. The van der Waals surface area contributed by atoms with Crippen LogP contribution in [-0.4, -0.2) is 63.4 Å². The Kier molecular flexibility index (Phi) is 7.61. The zero-order valence-electron chi connectivity index (χ0n) is 18.1. The van der Waals surface area contributed by atoms with Gasteiger partial charge in [0.1, 0.15) is 10.7 Å². The lowest BCUT2D eigenvalue weighted by atomic mass is 10.1. The number of fused-ring (bicyclic) bond motifs is 1. The summed E-state index contributed by atoms with van der Waals surface area (Å²) in [7, 11) is 0. The van der Waals surface area contributed by atoms with Crippen LogP contribution >= 0.6 is 11.6 Å². The lowest BCUT2D eigenvalue weighted by Crippen LogP contribution is -2.34. The minimum Gasteiger partial charge on any atom is -0.470 e. The van der Waals surface area contributed by atoms with E-state index in [1.165, 1.54) is 36.4 Å². The maximum atomic E-state index is 13.1. The molecule has 8 nitrogen and oxygen atoms in total. The molecular formula is C21H21ClF4N4O4. The van der Waals surface area contributed by atoms with Crippen LogP contribution < -0.4 is 10.1 Å². The monoisotopic (exact) mass is 504 g/mol. The molecule has 0 aliphatic carbocycles. The van der Waals surface area contributed by atoms with Gasteiger partial charge in [-0.1, -0.05) is 11.6 Å². The molecule has 0 bridgehead atoms.